The van der Waals surface area contributed by atoms with Gasteiger partial charge in [0.25, 0.3) is 0 Å². The van der Waals surface area contributed by atoms with Crippen molar-refractivity contribution in [2.75, 3.05) is 20.3 Å². The van der Waals surface area contributed by atoms with Crippen molar-refractivity contribution in [3.05, 3.63) is 29.8 Å². The minimum absolute atomic E-state index is 0.0913. The van der Waals surface area contributed by atoms with Crippen LogP contribution in [0, 0.1) is 0 Å². The van der Waals surface area contributed by atoms with Gasteiger partial charge in [0, 0.05) is 13.2 Å². The summed E-state index contributed by atoms with van der Waals surface area (Å²) < 4.78 is 5.18. The van der Waals surface area contributed by atoms with Crippen molar-refractivity contribution in [3.63, 3.8) is 0 Å². The number of amides is 1. The molecule has 4 heteroatoms. The average molecular weight is 277 g/mol. The molecule has 2 N–H and O–H groups in total. The van der Waals surface area contributed by atoms with Gasteiger partial charge in [0.15, 0.2) is 0 Å². The molecule has 0 spiro atoms. The van der Waals surface area contributed by atoms with Crippen molar-refractivity contribution >= 4 is 5.91 Å². The summed E-state index contributed by atoms with van der Waals surface area (Å²) in [5, 5.41) is 11.8. The van der Waals surface area contributed by atoms with Gasteiger partial charge in [-0.25, -0.2) is 0 Å². The van der Waals surface area contributed by atoms with Crippen LogP contribution in [0.25, 0.3) is 0 Å². The number of nitrogens with one attached hydrogen (secondary N) is 1. The van der Waals surface area contributed by atoms with E-state index in [1.165, 1.54) is 0 Å². The fourth-order valence-corrected chi connectivity index (χ4v) is 2.99. The summed E-state index contributed by atoms with van der Waals surface area (Å²) in [6.07, 6.45) is 4.55. The van der Waals surface area contributed by atoms with Crippen molar-refractivity contribution in [1.82, 2.24) is 5.32 Å². The van der Waals surface area contributed by atoms with Gasteiger partial charge in [-0.2, -0.15) is 0 Å². The van der Waals surface area contributed by atoms with Crippen molar-refractivity contribution in [2.24, 2.45) is 0 Å². The van der Waals surface area contributed by atoms with E-state index in [4.69, 9.17) is 9.84 Å². The smallest absolute Gasteiger partial charge is 0.230 e. The lowest BCUT2D eigenvalue weighted by Gasteiger charge is -2.28. The van der Waals surface area contributed by atoms with Gasteiger partial charge in [-0.1, -0.05) is 25.0 Å². The van der Waals surface area contributed by atoms with Crippen molar-refractivity contribution < 1.29 is 14.6 Å². The molecule has 0 aliphatic heterocycles. The van der Waals surface area contributed by atoms with Gasteiger partial charge in [0.1, 0.15) is 5.75 Å². The fourth-order valence-electron chi connectivity index (χ4n) is 2.99. The maximum atomic E-state index is 12.6. The molecule has 1 fully saturated rings. The van der Waals surface area contributed by atoms with Gasteiger partial charge in [-0.3, -0.25) is 4.79 Å². The standard InChI is InChI=1S/C16H23NO3/c1-20-14-7-5-13(6-8-14)16(9-2-3-10-16)15(19)17-11-4-12-18/h5-8,18H,2-4,9-12H2,1H3,(H,17,19). The highest BCUT2D eigenvalue weighted by Crippen LogP contribution is 2.41. The Morgan fingerprint density at radius 1 is 1.30 bits per heavy atom. The first-order valence-electron chi connectivity index (χ1n) is 7.26. The molecule has 0 radical (unpaired) electrons. The zero-order valence-corrected chi connectivity index (χ0v) is 12.0. The van der Waals surface area contributed by atoms with E-state index in [1.807, 2.05) is 24.3 Å². The number of aliphatic hydroxyl groups is 1. The summed E-state index contributed by atoms with van der Waals surface area (Å²) in [4.78, 5) is 12.6. The molecule has 20 heavy (non-hydrogen) atoms. The predicted octanol–water partition coefficient (Wildman–Crippen LogP) is 2.01. The van der Waals surface area contributed by atoms with Crippen LogP contribution in [0.4, 0.5) is 0 Å². The Morgan fingerprint density at radius 3 is 2.50 bits per heavy atom. The molecule has 0 saturated heterocycles. The highest BCUT2D eigenvalue weighted by atomic mass is 16.5. The van der Waals surface area contributed by atoms with Crippen molar-refractivity contribution in [1.29, 1.82) is 0 Å². The Hall–Kier alpha value is -1.55. The summed E-state index contributed by atoms with van der Waals surface area (Å²) >= 11 is 0. The molecule has 1 amide bonds. The molecule has 1 aromatic carbocycles. The quantitative estimate of drug-likeness (QED) is 0.782. The molecule has 1 aromatic rings. The number of carbonyl (C=O) groups excluding carboxylic acids is 1. The van der Waals surface area contributed by atoms with Gasteiger partial charge < -0.3 is 15.2 Å². The maximum absolute atomic E-state index is 12.6. The summed E-state index contributed by atoms with van der Waals surface area (Å²) in [6, 6.07) is 7.82. The third-order valence-electron chi connectivity index (χ3n) is 4.15. The predicted molar refractivity (Wildman–Crippen MR) is 77.9 cm³/mol. The van der Waals surface area contributed by atoms with Crippen LogP contribution in [0.15, 0.2) is 24.3 Å². The highest BCUT2D eigenvalue weighted by Gasteiger charge is 2.42. The van der Waals surface area contributed by atoms with Crippen LogP contribution in [0.2, 0.25) is 0 Å². The summed E-state index contributed by atoms with van der Waals surface area (Å²) in [7, 11) is 1.64. The first kappa shape index (κ1) is 14.9. The normalized spacial score (nSPS) is 16.9. The summed E-state index contributed by atoms with van der Waals surface area (Å²) in [5.74, 6) is 0.899. The number of benzene rings is 1. The number of ether oxygens (including phenoxy) is 1. The molecule has 0 unspecified atom stereocenters. The first-order valence-corrected chi connectivity index (χ1v) is 7.26. The molecule has 4 nitrogen and oxygen atoms in total. The van der Waals surface area contributed by atoms with E-state index in [-0.39, 0.29) is 12.5 Å². The van der Waals surface area contributed by atoms with Crippen LogP contribution in [0.3, 0.4) is 0 Å². The number of rotatable bonds is 6. The average Bonchev–Trinajstić information content (AvgIpc) is 2.98. The second kappa shape index (κ2) is 6.75. The second-order valence-electron chi connectivity index (χ2n) is 5.35. The third-order valence-corrected chi connectivity index (χ3v) is 4.15. The monoisotopic (exact) mass is 277 g/mol. The van der Waals surface area contributed by atoms with Gasteiger partial charge in [-0.15, -0.1) is 0 Å². The minimum Gasteiger partial charge on any atom is -0.497 e. The zero-order valence-electron chi connectivity index (χ0n) is 12.0. The largest absolute Gasteiger partial charge is 0.497 e. The Morgan fingerprint density at radius 2 is 1.95 bits per heavy atom. The topological polar surface area (TPSA) is 58.6 Å². The van der Waals surface area contributed by atoms with Gasteiger partial charge in [-0.05, 0) is 37.0 Å². The molecule has 0 atom stereocenters. The highest BCUT2D eigenvalue weighted by molar-refractivity contribution is 5.88. The molecule has 1 aliphatic carbocycles. The Labute approximate surface area is 120 Å². The molecular formula is C16H23NO3. The molecule has 1 aliphatic rings. The van der Waals surface area contributed by atoms with E-state index >= 15 is 0 Å². The third kappa shape index (κ3) is 2.96. The zero-order chi connectivity index (χ0) is 14.4. The SMILES string of the molecule is COc1ccc(C2(C(=O)NCCCO)CCCC2)cc1. The van der Waals surface area contributed by atoms with E-state index in [9.17, 15) is 4.79 Å². The van der Waals surface area contributed by atoms with E-state index < -0.39 is 5.41 Å². The molecule has 1 saturated carbocycles. The fraction of sp³-hybridized carbons (Fsp3) is 0.562. The van der Waals surface area contributed by atoms with Gasteiger partial charge in [0.2, 0.25) is 5.91 Å². The first-order chi connectivity index (χ1) is 9.73. The molecule has 110 valence electrons. The van der Waals surface area contributed by atoms with E-state index in [1.54, 1.807) is 7.11 Å². The second-order valence-corrected chi connectivity index (χ2v) is 5.35. The van der Waals surface area contributed by atoms with E-state index in [0.717, 1.165) is 37.0 Å². The number of hydrogen-bond acceptors (Lipinski definition) is 3. The van der Waals surface area contributed by atoms with Crippen LogP contribution in [0.5, 0.6) is 5.75 Å². The number of methoxy groups -OCH3 is 1. The molecule has 0 aromatic heterocycles. The lowest BCUT2D eigenvalue weighted by molar-refractivity contribution is -0.126. The van der Waals surface area contributed by atoms with Crippen molar-refractivity contribution in [3.8, 4) is 5.75 Å². The lowest BCUT2D eigenvalue weighted by Crippen LogP contribution is -2.43. The van der Waals surface area contributed by atoms with Gasteiger partial charge in [0.05, 0.1) is 12.5 Å². The Kier molecular flexibility index (Phi) is 5.01. The van der Waals surface area contributed by atoms with Crippen molar-refractivity contribution in [2.45, 2.75) is 37.5 Å². The maximum Gasteiger partial charge on any atom is 0.230 e. The van der Waals surface area contributed by atoms with Crippen LogP contribution < -0.4 is 10.1 Å². The summed E-state index contributed by atoms with van der Waals surface area (Å²) in [6.45, 7) is 0.642. The number of aliphatic hydroxyl groups excluding tert-OH is 1. The van der Waals surface area contributed by atoms with E-state index in [2.05, 4.69) is 5.32 Å². The van der Waals surface area contributed by atoms with Crippen LogP contribution >= 0.6 is 0 Å². The Balaban J connectivity index is 2.17. The van der Waals surface area contributed by atoms with Crippen LogP contribution in [-0.4, -0.2) is 31.3 Å². The molecule has 2 rings (SSSR count). The summed E-state index contributed by atoms with van der Waals surface area (Å²) in [5.41, 5.74) is 0.666. The molecule has 0 heterocycles. The van der Waals surface area contributed by atoms with Crippen LogP contribution in [-0.2, 0) is 10.2 Å². The molecule has 0 bridgehead atoms. The number of carbonyl (C=O) groups is 1. The van der Waals surface area contributed by atoms with E-state index in [0.29, 0.717) is 13.0 Å². The molecular weight excluding hydrogens is 254 g/mol. The van der Waals surface area contributed by atoms with Gasteiger partial charge >= 0.3 is 0 Å². The van der Waals surface area contributed by atoms with Crippen LogP contribution in [0.1, 0.15) is 37.7 Å². The minimum atomic E-state index is -0.401. The number of hydrogen-bond donors (Lipinski definition) is 2. The Bertz CT molecular complexity index is 436. The lowest BCUT2D eigenvalue weighted by atomic mass is 9.78.